The lowest BCUT2D eigenvalue weighted by Crippen LogP contribution is -2.24. The van der Waals surface area contributed by atoms with E-state index in [1.54, 1.807) is 0 Å². The molecular weight excluding hydrogens is 418 g/mol. The smallest absolute Gasteiger partial charge is 0.437 e. The fraction of sp³-hybridized carbons (Fsp3) is 0.143. The molecule has 12 heteroatoms. The van der Waals surface area contributed by atoms with Crippen molar-refractivity contribution in [2.75, 3.05) is 0 Å². The number of hydrogen-bond donors (Lipinski definition) is 1. The number of aromatic amines is 1. The molecule has 0 aliphatic carbocycles. The molecule has 0 fully saturated rings. The standard InChI is InChI=1S/C14H6Cl2F3N3O3S/c15-6-2-1-5(3-7(6)16)25-10-11(14(17,18)19)20-12(21-13(10)24)8-4-9(23)26-22-8/h1-3H,4H2,(H,20,21,24). The van der Waals surface area contributed by atoms with E-state index in [1.165, 1.54) is 12.1 Å². The van der Waals surface area contributed by atoms with Crippen LogP contribution in [0.4, 0.5) is 13.2 Å². The highest BCUT2D eigenvalue weighted by molar-refractivity contribution is 8.13. The predicted octanol–water partition coefficient (Wildman–Crippen LogP) is 4.26. The molecule has 1 aliphatic heterocycles. The summed E-state index contributed by atoms with van der Waals surface area (Å²) in [5.74, 6) is -1.63. The van der Waals surface area contributed by atoms with E-state index in [0.717, 1.165) is 6.07 Å². The van der Waals surface area contributed by atoms with Crippen LogP contribution in [0.25, 0.3) is 0 Å². The number of ether oxygens (including phenoxy) is 1. The molecule has 1 aromatic carbocycles. The summed E-state index contributed by atoms with van der Waals surface area (Å²) in [6.45, 7) is 0. The Balaban J connectivity index is 2.08. The zero-order chi connectivity index (χ0) is 19.1. The second-order valence-electron chi connectivity index (χ2n) is 4.95. The summed E-state index contributed by atoms with van der Waals surface area (Å²) in [6.07, 6.45) is -5.22. The minimum absolute atomic E-state index is 0.0366. The van der Waals surface area contributed by atoms with Crippen LogP contribution in [0, 0.1) is 0 Å². The summed E-state index contributed by atoms with van der Waals surface area (Å²) in [5.41, 5.74) is -2.78. The molecule has 2 aromatic rings. The molecule has 6 nitrogen and oxygen atoms in total. The van der Waals surface area contributed by atoms with Crippen LogP contribution in [0.15, 0.2) is 27.4 Å². The Morgan fingerprint density at radius 2 is 1.92 bits per heavy atom. The van der Waals surface area contributed by atoms with Gasteiger partial charge in [0.1, 0.15) is 11.5 Å². The molecule has 0 unspecified atom stereocenters. The van der Waals surface area contributed by atoms with Gasteiger partial charge in [-0.3, -0.25) is 9.59 Å². The highest BCUT2D eigenvalue weighted by Gasteiger charge is 2.39. The van der Waals surface area contributed by atoms with Crippen molar-refractivity contribution in [1.29, 1.82) is 0 Å². The molecule has 0 spiro atoms. The van der Waals surface area contributed by atoms with Gasteiger partial charge in [0.25, 0.3) is 5.56 Å². The first-order valence-corrected chi connectivity index (χ1v) is 8.29. The number of carbonyl (C=O) groups is 1. The van der Waals surface area contributed by atoms with Crippen LogP contribution in [0.1, 0.15) is 17.9 Å². The Labute approximate surface area is 157 Å². The van der Waals surface area contributed by atoms with Crippen LogP contribution in [0.5, 0.6) is 11.5 Å². The van der Waals surface area contributed by atoms with Crippen molar-refractivity contribution in [3.8, 4) is 11.5 Å². The first-order chi connectivity index (χ1) is 12.1. The normalized spacial score (nSPS) is 14.5. The number of benzene rings is 1. The Morgan fingerprint density at radius 3 is 2.50 bits per heavy atom. The second kappa shape index (κ2) is 6.93. The molecule has 1 N–H and O–H groups in total. The number of H-pyrrole nitrogens is 1. The summed E-state index contributed by atoms with van der Waals surface area (Å²) in [5, 5.41) is -0.166. The van der Waals surface area contributed by atoms with Crippen LogP contribution in [0.2, 0.25) is 10.0 Å². The second-order valence-corrected chi connectivity index (χ2v) is 6.58. The Morgan fingerprint density at radius 1 is 1.19 bits per heavy atom. The molecule has 0 atom stereocenters. The highest BCUT2D eigenvalue weighted by atomic mass is 35.5. The van der Waals surface area contributed by atoms with Gasteiger partial charge in [-0.15, -0.1) is 0 Å². The molecule has 1 aliphatic rings. The lowest BCUT2D eigenvalue weighted by Gasteiger charge is -2.13. The number of carbonyl (C=O) groups excluding carboxylic acids is 1. The van der Waals surface area contributed by atoms with Gasteiger partial charge in [0.2, 0.25) is 10.9 Å². The fourth-order valence-corrected chi connectivity index (χ4v) is 2.83. The van der Waals surface area contributed by atoms with Gasteiger partial charge in [-0.25, -0.2) is 9.38 Å². The monoisotopic (exact) mass is 423 g/mol. The van der Waals surface area contributed by atoms with Crippen molar-refractivity contribution >= 4 is 46.0 Å². The SMILES string of the molecule is O=C1CC(c2nc(C(F)(F)F)c(Oc3ccc(Cl)c(Cl)c3)c(=O)[nH]2)=NS1. The summed E-state index contributed by atoms with van der Waals surface area (Å²) in [7, 11) is 0. The third-order valence-corrected chi connectivity index (χ3v) is 4.50. The van der Waals surface area contributed by atoms with Gasteiger partial charge < -0.3 is 9.72 Å². The Hall–Kier alpha value is -2.04. The fourth-order valence-electron chi connectivity index (χ4n) is 1.98. The summed E-state index contributed by atoms with van der Waals surface area (Å²) in [6, 6.07) is 3.71. The van der Waals surface area contributed by atoms with Gasteiger partial charge in [0.05, 0.1) is 28.4 Å². The van der Waals surface area contributed by atoms with E-state index in [-0.39, 0.29) is 33.0 Å². The van der Waals surface area contributed by atoms with Crippen LogP contribution in [-0.2, 0) is 11.0 Å². The van der Waals surface area contributed by atoms with Gasteiger partial charge in [-0.1, -0.05) is 23.2 Å². The molecule has 2 heterocycles. The minimum atomic E-state index is -4.98. The topological polar surface area (TPSA) is 84.4 Å². The summed E-state index contributed by atoms with van der Waals surface area (Å²) >= 11 is 12.1. The quantitative estimate of drug-likeness (QED) is 0.745. The highest BCUT2D eigenvalue weighted by Crippen LogP contribution is 2.36. The van der Waals surface area contributed by atoms with Gasteiger partial charge in [0.15, 0.2) is 11.5 Å². The molecular formula is C14H6Cl2F3N3O3S. The Kier molecular flexibility index (Phi) is 5.00. The maximum atomic E-state index is 13.4. The average Bonchev–Trinajstić information content (AvgIpc) is 2.98. The molecule has 136 valence electrons. The van der Waals surface area contributed by atoms with Crippen molar-refractivity contribution in [1.82, 2.24) is 9.97 Å². The largest absolute Gasteiger partial charge is 0.449 e. The third-order valence-electron chi connectivity index (χ3n) is 3.10. The number of hydrogen-bond acceptors (Lipinski definition) is 6. The van der Waals surface area contributed by atoms with E-state index in [9.17, 15) is 22.8 Å². The average molecular weight is 424 g/mol. The molecule has 0 saturated heterocycles. The van der Waals surface area contributed by atoms with Gasteiger partial charge in [-0.2, -0.15) is 13.2 Å². The van der Waals surface area contributed by atoms with E-state index in [1.807, 2.05) is 0 Å². The zero-order valence-corrected chi connectivity index (χ0v) is 14.7. The van der Waals surface area contributed by atoms with Crippen molar-refractivity contribution in [2.45, 2.75) is 12.6 Å². The molecule has 0 saturated carbocycles. The summed E-state index contributed by atoms with van der Waals surface area (Å²) in [4.78, 5) is 28.9. The molecule has 0 bridgehead atoms. The number of aromatic nitrogens is 2. The maximum absolute atomic E-state index is 13.4. The van der Waals surface area contributed by atoms with Crippen LogP contribution >= 0.6 is 35.1 Å². The van der Waals surface area contributed by atoms with Gasteiger partial charge in [0, 0.05) is 6.07 Å². The molecule has 0 radical (unpaired) electrons. The summed E-state index contributed by atoms with van der Waals surface area (Å²) < 4.78 is 48.8. The van der Waals surface area contributed by atoms with Crippen LogP contribution < -0.4 is 10.3 Å². The molecule has 26 heavy (non-hydrogen) atoms. The van der Waals surface area contributed by atoms with Gasteiger partial charge >= 0.3 is 6.18 Å². The third kappa shape index (κ3) is 3.87. The zero-order valence-electron chi connectivity index (χ0n) is 12.4. The van der Waals surface area contributed by atoms with Crippen LogP contribution in [0.3, 0.4) is 0 Å². The number of alkyl halides is 3. The molecule has 1 aromatic heterocycles. The van der Waals surface area contributed by atoms with Crippen molar-refractivity contribution in [2.24, 2.45) is 4.40 Å². The van der Waals surface area contributed by atoms with E-state index < -0.39 is 29.0 Å². The molecule has 0 amide bonds. The van der Waals surface area contributed by atoms with Crippen LogP contribution in [-0.4, -0.2) is 20.8 Å². The van der Waals surface area contributed by atoms with Crippen molar-refractivity contribution in [3.05, 3.63) is 50.1 Å². The first kappa shape index (κ1) is 18.7. The lowest BCUT2D eigenvalue weighted by atomic mass is 10.2. The first-order valence-electron chi connectivity index (χ1n) is 6.76. The van der Waals surface area contributed by atoms with Crippen molar-refractivity contribution < 1.29 is 22.7 Å². The van der Waals surface area contributed by atoms with E-state index in [0.29, 0.717) is 11.9 Å². The minimum Gasteiger partial charge on any atom is -0.449 e. The van der Waals surface area contributed by atoms with E-state index in [4.69, 9.17) is 27.9 Å². The number of nitrogens with one attached hydrogen (secondary N) is 1. The number of nitrogens with zero attached hydrogens (tertiary/aromatic N) is 2. The van der Waals surface area contributed by atoms with Crippen molar-refractivity contribution in [3.63, 3.8) is 0 Å². The molecule has 3 rings (SSSR count). The van der Waals surface area contributed by atoms with Gasteiger partial charge in [-0.05, 0) is 12.1 Å². The number of halogens is 5. The lowest BCUT2D eigenvalue weighted by molar-refractivity contribution is -0.142. The van der Waals surface area contributed by atoms with E-state index >= 15 is 0 Å². The Bertz CT molecular complexity index is 992. The number of rotatable bonds is 3. The van der Waals surface area contributed by atoms with E-state index in [2.05, 4.69) is 14.4 Å². The predicted molar refractivity (Wildman–Crippen MR) is 90.1 cm³/mol. The maximum Gasteiger partial charge on any atom is 0.437 e.